The van der Waals surface area contributed by atoms with Crippen LogP contribution in [0.2, 0.25) is 0 Å². The summed E-state index contributed by atoms with van der Waals surface area (Å²) in [5, 5.41) is 3.17. The summed E-state index contributed by atoms with van der Waals surface area (Å²) in [6.45, 7) is 0. The lowest BCUT2D eigenvalue weighted by atomic mass is 9.76. The molecule has 0 aromatic heterocycles. The number of hydrogen-bond donors (Lipinski definition) is 1. The van der Waals surface area contributed by atoms with E-state index in [0.29, 0.717) is 0 Å². The molecule has 0 unspecified atom stereocenters. The highest BCUT2D eigenvalue weighted by atomic mass is 16.5. The second-order valence-electron chi connectivity index (χ2n) is 6.19. The molecule has 2 fully saturated rings. The van der Waals surface area contributed by atoms with Gasteiger partial charge in [0.05, 0.1) is 33.2 Å². The van der Waals surface area contributed by atoms with Crippen LogP contribution in [0.3, 0.4) is 0 Å². The molecule has 2 aliphatic rings. The standard InChI is InChI=1S/C16H25NO6/c1-21-14(18)10-11(15(19)22-2)13(16(20)23-3)17-12(10)9-7-5-4-6-8-9/h9-13,17H,4-8H2,1-3H3/t10-,11+,12-,13-/m0/s1. The van der Waals surface area contributed by atoms with E-state index in [2.05, 4.69) is 5.32 Å². The predicted molar refractivity (Wildman–Crippen MR) is 80.3 cm³/mol. The van der Waals surface area contributed by atoms with E-state index < -0.39 is 35.8 Å². The Balaban J connectivity index is 2.34. The van der Waals surface area contributed by atoms with Crippen molar-refractivity contribution in [2.75, 3.05) is 21.3 Å². The zero-order valence-electron chi connectivity index (χ0n) is 13.9. The predicted octanol–water partition coefficient (Wildman–Crippen LogP) is 0.659. The quantitative estimate of drug-likeness (QED) is 0.599. The summed E-state index contributed by atoms with van der Waals surface area (Å²) in [7, 11) is 3.80. The van der Waals surface area contributed by atoms with Gasteiger partial charge in [-0.15, -0.1) is 0 Å². The summed E-state index contributed by atoms with van der Waals surface area (Å²) < 4.78 is 14.5. The van der Waals surface area contributed by atoms with Crippen LogP contribution < -0.4 is 5.32 Å². The first kappa shape index (κ1) is 17.7. The fourth-order valence-corrected chi connectivity index (χ4v) is 3.96. The largest absolute Gasteiger partial charge is 0.469 e. The molecule has 0 spiro atoms. The summed E-state index contributed by atoms with van der Waals surface area (Å²) in [5.74, 6) is -3.08. The molecule has 4 atom stereocenters. The van der Waals surface area contributed by atoms with Gasteiger partial charge in [0.25, 0.3) is 0 Å². The number of nitrogens with one attached hydrogen (secondary N) is 1. The molecular formula is C16H25NO6. The zero-order valence-corrected chi connectivity index (χ0v) is 13.9. The van der Waals surface area contributed by atoms with Gasteiger partial charge < -0.3 is 14.2 Å². The van der Waals surface area contributed by atoms with Crippen LogP contribution in [0.5, 0.6) is 0 Å². The van der Waals surface area contributed by atoms with Gasteiger partial charge in [0.15, 0.2) is 0 Å². The third-order valence-electron chi connectivity index (χ3n) is 5.06. The minimum atomic E-state index is -0.924. The lowest BCUT2D eigenvalue weighted by Crippen LogP contribution is -2.43. The van der Waals surface area contributed by atoms with Crippen LogP contribution in [0.1, 0.15) is 32.1 Å². The molecule has 0 radical (unpaired) electrons. The Hall–Kier alpha value is -1.63. The SMILES string of the molecule is COC(=O)[C@@H]1[C@H](C(=O)OC)[C@H](C2CCCCC2)N[C@@H]1C(=O)OC. The van der Waals surface area contributed by atoms with E-state index in [-0.39, 0.29) is 12.0 Å². The third kappa shape index (κ3) is 3.49. The van der Waals surface area contributed by atoms with Gasteiger partial charge in [-0.1, -0.05) is 19.3 Å². The van der Waals surface area contributed by atoms with Crippen molar-refractivity contribution >= 4 is 17.9 Å². The Kier molecular flexibility index (Phi) is 5.98. The highest BCUT2D eigenvalue weighted by Gasteiger charge is 2.56. The molecule has 1 saturated heterocycles. The van der Waals surface area contributed by atoms with Crippen molar-refractivity contribution in [2.45, 2.75) is 44.2 Å². The number of carbonyl (C=O) groups is 3. The second-order valence-corrected chi connectivity index (χ2v) is 6.19. The van der Waals surface area contributed by atoms with Crippen molar-refractivity contribution in [3.05, 3.63) is 0 Å². The van der Waals surface area contributed by atoms with Crippen molar-refractivity contribution in [1.29, 1.82) is 0 Å². The first-order valence-corrected chi connectivity index (χ1v) is 8.04. The molecule has 1 heterocycles. The highest BCUT2D eigenvalue weighted by Crippen LogP contribution is 2.39. The van der Waals surface area contributed by atoms with E-state index in [1.54, 1.807) is 0 Å². The average Bonchev–Trinajstić information content (AvgIpc) is 3.00. The van der Waals surface area contributed by atoms with Gasteiger partial charge in [-0.2, -0.15) is 0 Å². The van der Waals surface area contributed by atoms with Crippen molar-refractivity contribution in [3.63, 3.8) is 0 Å². The van der Waals surface area contributed by atoms with Gasteiger partial charge in [0.2, 0.25) is 0 Å². The molecule has 0 bridgehead atoms. The number of methoxy groups -OCH3 is 3. The van der Waals surface area contributed by atoms with Crippen LogP contribution in [0.25, 0.3) is 0 Å². The number of ether oxygens (including phenoxy) is 3. The van der Waals surface area contributed by atoms with Crippen molar-refractivity contribution < 1.29 is 28.6 Å². The molecule has 7 nitrogen and oxygen atoms in total. The molecule has 130 valence electrons. The zero-order chi connectivity index (χ0) is 17.0. The number of rotatable bonds is 4. The van der Waals surface area contributed by atoms with Gasteiger partial charge in [-0.25, -0.2) is 0 Å². The number of hydrogen-bond acceptors (Lipinski definition) is 7. The van der Waals surface area contributed by atoms with E-state index in [9.17, 15) is 14.4 Å². The molecule has 1 aliphatic heterocycles. The molecule has 1 saturated carbocycles. The van der Waals surface area contributed by atoms with Crippen molar-refractivity contribution in [3.8, 4) is 0 Å². The molecule has 0 aromatic rings. The Morgan fingerprint density at radius 3 is 1.83 bits per heavy atom. The van der Waals surface area contributed by atoms with E-state index >= 15 is 0 Å². The van der Waals surface area contributed by atoms with Gasteiger partial charge in [0.1, 0.15) is 6.04 Å². The van der Waals surface area contributed by atoms with Crippen LogP contribution >= 0.6 is 0 Å². The number of esters is 3. The van der Waals surface area contributed by atoms with Crippen LogP contribution in [-0.4, -0.2) is 51.3 Å². The van der Waals surface area contributed by atoms with E-state index in [4.69, 9.17) is 14.2 Å². The lowest BCUT2D eigenvalue weighted by Gasteiger charge is -2.31. The third-order valence-corrected chi connectivity index (χ3v) is 5.06. The van der Waals surface area contributed by atoms with E-state index in [0.717, 1.165) is 25.7 Å². The summed E-state index contributed by atoms with van der Waals surface area (Å²) in [6.07, 6.45) is 5.28. The summed E-state index contributed by atoms with van der Waals surface area (Å²) in [4.78, 5) is 36.6. The lowest BCUT2D eigenvalue weighted by molar-refractivity contribution is -0.160. The van der Waals surface area contributed by atoms with Crippen LogP contribution in [0.4, 0.5) is 0 Å². The Morgan fingerprint density at radius 1 is 0.783 bits per heavy atom. The normalized spacial score (nSPS) is 31.4. The molecular weight excluding hydrogens is 302 g/mol. The molecule has 7 heteroatoms. The fourth-order valence-electron chi connectivity index (χ4n) is 3.96. The van der Waals surface area contributed by atoms with Crippen LogP contribution in [0, 0.1) is 17.8 Å². The van der Waals surface area contributed by atoms with Crippen LogP contribution in [-0.2, 0) is 28.6 Å². The first-order valence-electron chi connectivity index (χ1n) is 8.04. The molecule has 2 rings (SSSR count). The van der Waals surface area contributed by atoms with Gasteiger partial charge >= 0.3 is 17.9 Å². The maximum atomic E-state index is 12.3. The van der Waals surface area contributed by atoms with E-state index in [1.807, 2.05) is 0 Å². The van der Waals surface area contributed by atoms with Crippen molar-refractivity contribution in [2.24, 2.45) is 17.8 Å². The monoisotopic (exact) mass is 327 g/mol. The second kappa shape index (κ2) is 7.77. The fraction of sp³-hybridized carbons (Fsp3) is 0.812. The summed E-state index contributed by atoms with van der Waals surface area (Å²) in [6, 6.07) is -1.17. The summed E-state index contributed by atoms with van der Waals surface area (Å²) in [5.41, 5.74) is 0. The molecule has 0 amide bonds. The Morgan fingerprint density at radius 2 is 1.30 bits per heavy atom. The van der Waals surface area contributed by atoms with Gasteiger partial charge in [-0.05, 0) is 18.8 Å². The van der Waals surface area contributed by atoms with E-state index in [1.165, 1.54) is 27.8 Å². The molecule has 0 aromatic carbocycles. The molecule has 1 aliphatic carbocycles. The Labute approximate surface area is 136 Å². The van der Waals surface area contributed by atoms with Crippen LogP contribution in [0.15, 0.2) is 0 Å². The average molecular weight is 327 g/mol. The molecule has 23 heavy (non-hydrogen) atoms. The maximum Gasteiger partial charge on any atom is 0.323 e. The maximum absolute atomic E-state index is 12.3. The topological polar surface area (TPSA) is 90.9 Å². The first-order chi connectivity index (χ1) is 11.0. The van der Waals surface area contributed by atoms with Gasteiger partial charge in [-0.3, -0.25) is 19.7 Å². The van der Waals surface area contributed by atoms with Gasteiger partial charge in [0, 0.05) is 6.04 Å². The number of carbonyl (C=O) groups excluding carboxylic acids is 3. The minimum Gasteiger partial charge on any atom is -0.469 e. The minimum absolute atomic E-state index is 0.231. The Bertz CT molecular complexity index is 459. The molecule has 1 N–H and O–H groups in total. The smallest absolute Gasteiger partial charge is 0.323 e. The summed E-state index contributed by atoms with van der Waals surface area (Å²) >= 11 is 0. The highest BCUT2D eigenvalue weighted by molar-refractivity contribution is 5.90. The van der Waals surface area contributed by atoms with Crippen molar-refractivity contribution in [1.82, 2.24) is 5.32 Å².